The van der Waals surface area contributed by atoms with Crippen molar-refractivity contribution in [2.75, 3.05) is 43.5 Å². The molecule has 2 rings (SSSR count). The molecule has 0 saturated carbocycles. The van der Waals surface area contributed by atoms with Crippen molar-refractivity contribution in [3.63, 3.8) is 0 Å². The van der Waals surface area contributed by atoms with E-state index in [1.54, 1.807) is 0 Å². The van der Waals surface area contributed by atoms with Crippen molar-refractivity contribution in [3.05, 3.63) is 23.8 Å². The van der Waals surface area contributed by atoms with E-state index in [0.717, 1.165) is 56.2 Å². The number of nitrogens with one attached hydrogen (secondary N) is 1. The lowest BCUT2D eigenvalue weighted by atomic mass is 10.1. The van der Waals surface area contributed by atoms with Crippen molar-refractivity contribution in [1.29, 1.82) is 0 Å². The molecule has 0 aromatic heterocycles. The molecule has 0 bridgehead atoms. The van der Waals surface area contributed by atoms with Gasteiger partial charge in [0.05, 0.1) is 24.6 Å². The zero-order chi connectivity index (χ0) is 15.9. The van der Waals surface area contributed by atoms with Crippen molar-refractivity contribution in [2.24, 2.45) is 5.92 Å². The zero-order valence-electron chi connectivity index (χ0n) is 13.6. The first kappa shape index (κ1) is 16.6. The summed E-state index contributed by atoms with van der Waals surface area (Å²) < 4.78 is 5.36. The number of nitrogen functional groups attached to an aromatic ring is 1. The van der Waals surface area contributed by atoms with Gasteiger partial charge in [0.15, 0.2) is 0 Å². The number of carbonyl (C=O) groups excluding carboxylic acids is 1. The Labute approximate surface area is 132 Å². The highest BCUT2D eigenvalue weighted by Crippen LogP contribution is 2.25. The summed E-state index contributed by atoms with van der Waals surface area (Å²) in [5.41, 5.74) is 9.13. The van der Waals surface area contributed by atoms with Crippen LogP contribution in [0.1, 0.15) is 25.8 Å². The van der Waals surface area contributed by atoms with Gasteiger partial charge in [0.1, 0.15) is 0 Å². The topological polar surface area (TPSA) is 67.6 Å². The maximum atomic E-state index is 11.8. The number of aryl methyl sites for hydroxylation is 1. The molecule has 1 amide bonds. The van der Waals surface area contributed by atoms with E-state index in [4.69, 9.17) is 10.5 Å². The molecule has 1 aromatic carbocycles. The molecule has 1 aliphatic heterocycles. The number of anilines is 2. The van der Waals surface area contributed by atoms with Crippen LogP contribution >= 0.6 is 0 Å². The minimum Gasteiger partial charge on any atom is -0.397 e. The second-order valence-corrected chi connectivity index (χ2v) is 6.19. The Morgan fingerprint density at radius 2 is 2.09 bits per heavy atom. The molecule has 5 nitrogen and oxygen atoms in total. The van der Waals surface area contributed by atoms with E-state index in [9.17, 15) is 4.79 Å². The van der Waals surface area contributed by atoms with Crippen molar-refractivity contribution in [3.8, 4) is 0 Å². The molecule has 1 aliphatic rings. The van der Waals surface area contributed by atoms with Crippen molar-refractivity contribution in [2.45, 2.75) is 26.7 Å². The Bertz CT molecular complexity index is 497. The molecule has 22 heavy (non-hydrogen) atoms. The lowest BCUT2D eigenvalue weighted by molar-refractivity contribution is -0.121. The molecule has 5 heteroatoms. The summed E-state index contributed by atoms with van der Waals surface area (Å²) in [5.74, 6) is 0.580. The van der Waals surface area contributed by atoms with E-state index in [1.165, 1.54) is 0 Å². The number of morpholine rings is 1. The highest BCUT2D eigenvalue weighted by Gasteiger charge is 2.14. The average molecular weight is 305 g/mol. The van der Waals surface area contributed by atoms with Crippen LogP contribution in [0.15, 0.2) is 18.2 Å². The number of nitrogens with zero attached hydrogens (tertiary/aromatic N) is 1. The predicted octanol–water partition coefficient (Wildman–Crippen LogP) is 1.81. The van der Waals surface area contributed by atoms with Crippen molar-refractivity contribution < 1.29 is 9.53 Å². The highest BCUT2D eigenvalue weighted by atomic mass is 16.5. The lowest BCUT2D eigenvalue weighted by Crippen LogP contribution is -2.36. The molecule has 0 spiro atoms. The van der Waals surface area contributed by atoms with Crippen LogP contribution in [0.4, 0.5) is 11.4 Å². The summed E-state index contributed by atoms with van der Waals surface area (Å²) >= 11 is 0. The van der Waals surface area contributed by atoms with Crippen LogP contribution in [0.2, 0.25) is 0 Å². The number of ether oxygens (including phenoxy) is 1. The zero-order valence-corrected chi connectivity index (χ0v) is 13.6. The van der Waals surface area contributed by atoms with Gasteiger partial charge in [-0.05, 0) is 30.0 Å². The van der Waals surface area contributed by atoms with Crippen LogP contribution < -0.4 is 16.0 Å². The van der Waals surface area contributed by atoms with Gasteiger partial charge in [-0.3, -0.25) is 4.79 Å². The maximum Gasteiger partial charge on any atom is 0.220 e. The minimum atomic E-state index is 0.101. The number of amides is 1. The molecule has 3 N–H and O–H groups in total. The van der Waals surface area contributed by atoms with E-state index in [1.807, 2.05) is 6.07 Å². The second-order valence-electron chi connectivity index (χ2n) is 6.19. The molecule has 1 aromatic rings. The summed E-state index contributed by atoms with van der Waals surface area (Å²) in [6, 6.07) is 6.11. The summed E-state index contributed by atoms with van der Waals surface area (Å²) in [6.07, 6.45) is 1.22. The molecule has 0 atom stereocenters. The van der Waals surface area contributed by atoms with Crippen LogP contribution in [0.5, 0.6) is 0 Å². The quantitative estimate of drug-likeness (QED) is 0.787. The van der Waals surface area contributed by atoms with Crippen LogP contribution in [-0.2, 0) is 16.0 Å². The fraction of sp³-hybridized carbons (Fsp3) is 0.588. The number of carbonyl (C=O) groups is 1. The van der Waals surface area contributed by atoms with Gasteiger partial charge in [0, 0.05) is 26.1 Å². The van der Waals surface area contributed by atoms with Crippen molar-refractivity contribution >= 4 is 17.3 Å². The van der Waals surface area contributed by atoms with Gasteiger partial charge in [-0.2, -0.15) is 0 Å². The fourth-order valence-corrected chi connectivity index (χ4v) is 2.52. The third-order valence-electron chi connectivity index (χ3n) is 3.79. The summed E-state index contributed by atoms with van der Waals surface area (Å²) in [6.45, 7) is 8.16. The first-order valence-electron chi connectivity index (χ1n) is 8.04. The van der Waals surface area contributed by atoms with Gasteiger partial charge in [-0.25, -0.2) is 0 Å². The average Bonchev–Trinajstić information content (AvgIpc) is 2.52. The first-order valence-corrected chi connectivity index (χ1v) is 8.04. The summed E-state index contributed by atoms with van der Waals surface area (Å²) in [7, 11) is 0. The van der Waals surface area contributed by atoms with Crippen LogP contribution in [0, 0.1) is 5.92 Å². The Hall–Kier alpha value is -1.75. The van der Waals surface area contributed by atoms with Crippen LogP contribution in [0.3, 0.4) is 0 Å². The normalized spacial score (nSPS) is 15.1. The molecule has 1 saturated heterocycles. The molecule has 0 radical (unpaired) electrons. The molecule has 1 fully saturated rings. The smallest absolute Gasteiger partial charge is 0.220 e. The Morgan fingerprint density at radius 3 is 2.73 bits per heavy atom. The van der Waals surface area contributed by atoms with Crippen molar-refractivity contribution in [1.82, 2.24) is 5.32 Å². The Kier molecular flexibility index (Phi) is 6.07. The number of benzene rings is 1. The second kappa shape index (κ2) is 8.03. The largest absolute Gasteiger partial charge is 0.397 e. The number of nitrogens with two attached hydrogens (primary N) is 1. The minimum absolute atomic E-state index is 0.101. The third-order valence-corrected chi connectivity index (χ3v) is 3.79. The van der Waals surface area contributed by atoms with E-state index >= 15 is 0 Å². The maximum absolute atomic E-state index is 11.8. The molecule has 0 unspecified atom stereocenters. The lowest BCUT2D eigenvalue weighted by Gasteiger charge is -2.30. The number of hydrogen-bond acceptors (Lipinski definition) is 4. The standard InChI is InChI=1S/C17H27N3O2/c1-13(2)12-19-17(21)6-4-14-3-5-16(15(18)11-14)20-7-9-22-10-8-20/h3,5,11,13H,4,6-10,12,18H2,1-2H3,(H,19,21). The number of rotatable bonds is 6. The fourth-order valence-electron chi connectivity index (χ4n) is 2.52. The predicted molar refractivity (Wildman–Crippen MR) is 90.1 cm³/mol. The van der Waals surface area contributed by atoms with Gasteiger partial charge < -0.3 is 20.7 Å². The molecular weight excluding hydrogens is 278 g/mol. The molecule has 122 valence electrons. The Balaban J connectivity index is 1.87. The highest BCUT2D eigenvalue weighted by molar-refractivity contribution is 5.76. The molecular formula is C17H27N3O2. The molecule has 0 aliphatic carbocycles. The van der Waals surface area contributed by atoms with E-state index in [-0.39, 0.29) is 5.91 Å². The van der Waals surface area contributed by atoms with E-state index in [2.05, 4.69) is 36.2 Å². The SMILES string of the molecule is CC(C)CNC(=O)CCc1ccc(N2CCOCC2)c(N)c1. The monoisotopic (exact) mass is 305 g/mol. The van der Waals surface area contributed by atoms with Crippen LogP contribution in [0.25, 0.3) is 0 Å². The summed E-state index contributed by atoms with van der Waals surface area (Å²) in [5, 5.41) is 2.94. The van der Waals surface area contributed by atoms with Gasteiger partial charge in [0.25, 0.3) is 0 Å². The van der Waals surface area contributed by atoms with Gasteiger partial charge in [-0.15, -0.1) is 0 Å². The van der Waals surface area contributed by atoms with Gasteiger partial charge in [0.2, 0.25) is 5.91 Å². The molecule has 1 heterocycles. The van der Waals surface area contributed by atoms with Gasteiger partial charge in [-0.1, -0.05) is 19.9 Å². The van der Waals surface area contributed by atoms with E-state index < -0.39 is 0 Å². The van der Waals surface area contributed by atoms with E-state index in [0.29, 0.717) is 12.3 Å². The van der Waals surface area contributed by atoms with Crippen LogP contribution in [-0.4, -0.2) is 38.8 Å². The first-order chi connectivity index (χ1) is 10.6. The van der Waals surface area contributed by atoms with Gasteiger partial charge >= 0.3 is 0 Å². The third kappa shape index (κ3) is 4.91. The summed E-state index contributed by atoms with van der Waals surface area (Å²) in [4.78, 5) is 14.0. The number of hydrogen-bond donors (Lipinski definition) is 2. The Morgan fingerprint density at radius 1 is 1.36 bits per heavy atom.